The maximum atomic E-state index is 12.9. The lowest BCUT2D eigenvalue weighted by atomic mass is 10.0. The van der Waals surface area contributed by atoms with Crippen LogP contribution in [0, 0.1) is 5.92 Å². The largest absolute Gasteiger partial charge is 0.494 e. The Morgan fingerprint density at radius 3 is 2.16 bits per heavy atom. The summed E-state index contributed by atoms with van der Waals surface area (Å²) in [5.41, 5.74) is 0.0592. The average molecular weight is 451 g/mol. The third-order valence-corrected chi connectivity index (χ3v) is 4.46. The van der Waals surface area contributed by atoms with Gasteiger partial charge in [-0.3, -0.25) is 4.79 Å². The summed E-state index contributed by atoms with van der Waals surface area (Å²) in [6, 6.07) is 5.23. The second kappa shape index (κ2) is 12.9. The summed E-state index contributed by atoms with van der Waals surface area (Å²) >= 11 is 0. The topological polar surface area (TPSA) is 114 Å². The molecule has 1 aromatic rings. The van der Waals surface area contributed by atoms with Gasteiger partial charge in [0.15, 0.2) is 0 Å². The van der Waals surface area contributed by atoms with Gasteiger partial charge in [0.25, 0.3) is 0 Å². The molecule has 0 aliphatic rings. The Morgan fingerprint density at radius 1 is 1.03 bits per heavy atom. The molecule has 0 aliphatic carbocycles. The molecule has 0 heterocycles. The molecule has 0 saturated carbocycles. The Bertz CT molecular complexity index is 740. The van der Waals surface area contributed by atoms with Crippen molar-refractivity contribution < 1.29 is 29.0 Å². The number of aliphatic carboxylic acids is 1. The van der Waals surface area contributed by atoms with Gasteiger partial charge in [0.2, 0.25) is 5.91 Å². The SMILES string of the molecule is CCCCOc1ccc(C[C@H](NC(=O)OC(C)(C)C)C(=O)N[C@@H](CC(C)C)C(=O)O)cc1. The van der Waals surface area contributed by atoms with Crippen LogP contribution in [0.4, 0.5) is 4.79 Å². The van der Waals surface area contributed by atoms with E-state index in [1.54, 1.807) is 20.8 Å². The fourth-order valence-corrected chi connectivity index (χ4v) is 2.92. The second-order valence-electron chi connectivity index (χ2n) is 9.28. The quantitative estimate of drug-likeness (QED) is 0.416. The van der Waals surface area contributed by atoms with E-state index >= 15 is 0 Å². The molecule has 32 heavy (non-hydrogen) atoms. The van der Waals surface area contributed by atoms with E-state index in [2.05, 4.69) is 17.6 Å². The van der Waals surface area contributed by atoms with E-state index in [1.807, 2.05) is 38.1 Å². The highest BCUT2D eigenvalue weighted by atomic mass is 16.6. The van der Waals surface area contributed by atoms with Crippen molar-refractivity contribution in [2.75, 3.05) is 6.61 Å². The van der Waals surface area contributed by atoms with Gasteiger partial charge < -0.3 is 25.2 Å². The van der Waals surface area contributed by atoms with E-state index in [4.69, 9.17) is 9.47 Å². The molecule has 2 atom stereocenters. The molecule has 180 valence electrons. The Labute approximate surface area is 191 Å². The molecule has 0 unspecified atom stereocenters. The normalized spacial score (nSPS) is 13.2. The first kappa shape index (κ1) is 27.3. The molecule has 2 amide bonds. The van der Waals surface area contributed by atoms with Crippen LogP contribution in [0.3, 0.4) is 0 Å². The van der Waals surface area contributed by atoms with E-state index in [-0.39, 0.29) is 18.8 Å². The van der Waals surface area contributed by atoms with Crippen molar-refractivity contribution in [3.8, 4) is 5.75 Å². The first-order valence-electron chi connectivity index (χ1n) is 11.2. The number of carbonyl (C=O) groups is 3. The number of nitrogens with one attached hydrogen (secondary N) is 2. The number of carbonyl (C=O) groups excluding carboxylic acids is 2. The van der Waals surface area contributed by atoms with E-state index in [0.717, 1.165) is 24.2 Å². The maximum absolute atomic E-state index is 12.9. The zero-order valence-electron chi connectivity index (χ0n) is 20.1. The van der Waals surface area contributed by atoms with Crippen molar-refractivity contribution in [2.45, 2.75) is 84.9 Å². The zero-order valence-corrected chi connectivity index (χ0v) is 20.1. The molecule has 3 N–H and O–H groups in total. The number of hydrogen-bond acceptors (Lipinski definition) is 5. The van der Waals surface area contributed by atoms with Crippen molar-refractivity contribution in [3.63, 3.8) is 0 Å². The lowest BCUT2D eigenvalue weighted by Gasteiger charge is -2.25. The number of ether oxygens (including phenoxy) is 2. The molecule has 0 aromatic heterocycles. The van der Waals surface area contributed by atoms with Gasteiger partial charge in [0.1, 0.15) is 23.4 Å². The van der Waals surface area contributed by atoms with Gasteiger partial charge in [-0.2, -0.15) is 0 Å². The first-order chi connectivity index (χ1) is 14.9. The number of benzene rings is 1. The summed E-state index contributed by atoms with van der Waals surface area (Å²) in [4.78, 5) is 36.8. The van der Waals surface area contributed by atoms with Gasteiger partial charge >= 0.3 is 12.1 Å². The van der Waals surface area contributed by atoms with Gasteiger partial charge in [-0.15, -0.1) is 0 Å². The number of carboxylic acid groups (broad SMARTS) is 1. The predicted molar refractivity (Wildman–Crippen MR) is 123 cm³/mol. The minimum absolute atomic E-state index is 0.0777. The van der Waals surface area contributed by atoms with Crippen LogP contribution in [0.15, 0.2) is 24.3 Å². The number of rotatable bonds is 12. The van der Waals surface area contributed by atoms with Gasteiger partial charge in [0.05, 0.1) is 6.61 Å². The number of carboxylic acids is 1. The maximum Gasteiger partial charge on any atom is 0.408 e. The molecule has 8 heteroatoms. The Balaban J connectivity index is 2.95. The summed E-state index contributed by atoms with van der Waals surface area (Å²) in [5, 5.41) is 14.6. The summed E-state index contributed by atoms with van der Waals surface area (Å²) in [6.45, 7) is 11.6. The minimum atomic E-state index is -1.11. The molecule has 0 bridgehead atoms. The third kappa shape index (κ3) is 11.0. The van der Waals surface area contributed by atoms with E-state index in [1.165, 1.54) is 0 Å². The smallest absolute Gasteiger partial charge is 0.408 e. The monoisotopic (exact) mass is 450 g/mol. The third-order valence-electron chi connectivity index (χ3n) is 4.46. The molecule has 1 aromatic carbocycles. The number of hydrogen-bond donors (Lipinski definition) is 3. The van der Waals surface area contributed by atoms with Crippen molar-refractivity contribution >= 4 is 18.0 Å². The lowest BCUT2D eigenvalue weighted by Crippen LogP contribution is -2.53. The van der Waals surface area contributed by atoms with Gasteiger partial charge in [-0.25, -0.2) is 9.59 Å². The highest BCUT2D eigenvalue weighted by Gasteiger charge is 2.29. The Hall–Kier alpha value is -2.77. The molecular weight excluding hydrogens is 412 g/mol. The van der Waals surface area contributed by atoms with Crippen LogP contribution in [0.5, 0.6) is 5.75 Å². The van der Waals surface area contributed by atoms with Crippen LogP contribution in [0.2, 0.25) is 0 Å². The summed E-state index contributed by atoms with van der Waals surface area (Å²) < 4.78 is 10.9. The van der Waals surface area contributed by atoms with Crippen LogP contribution in [0.1, 0.15) is 66.4 Å². The van der Waals surface area contributed by atoms with Gasteiger partial charge in [-0.1, -0.05) is 39.3 Å². The molecule has 1 rings (SSSR count). The molecule has 8 nitrogen and oxygen atoms in total. The lowest BCUT2D eigenvalue weighted by molar-refractivity contribution is -0.142. The van der Waals surface area contributed by atoms with Crippen molar-refractivity contribution in [2.24, 2.45) is 5.92 Å². The predicted octanol–water partition coefficient (Wildman–Crippen LogP) is 3.92. The summed E-state index contributed by atoms with van der Waals surface area (Å²) in [5.74, 6) is -0.885. The summed E-state index contributed by atoms with van der Waals surface area (Å²) in [6.07, 6.45) is 1.72. The highest BCUT2D eigenvalue weighted by Crippen LogP contribution is 2.15. The second-order valence-corrected chi connectivity index (χ2v) is 9.28. The minimum Gasteiger partial charge on any atom is -0.494 e. The van der Waals surface area contributed by atoms with Crippen LogP contribution < -0.4 is 15.4 Å². The Morgan fingerprint density at radius 2 is 1.66 bits per heavy atom. The zero-order chi connectivity index (χ0) is 24.3. The van der Waals surface area contributed by atoms with Crippen LogP contribution >= 0.6 is 0 Å². The molecule has 0 saturated heterocycles. The summed E-state index contributed by atoms with van der Waals surface area (Å²) in [7, 11) is 0. The van der Waals surface area contributed by atoms with Crippen molar-refractivity contribution in [1.29, 1.82) is 0 Å². The molecular formula is C24H38N2O6. The van der Waals surface area contributed by atoms with Gasteiger partial charge in [0, 0.05) is 6.42 Å². The molecule has 0 fully saturated rings. The molecule has 0 radical (unpaired) electrons. The molecule has 0 aliphatic heterocycles. The fraction of sp³-hybridized carbons (Fsp3) is 0.625. The van der Waals surface area contributed by atoms with Crippen LogP contribution in [-0.2, 0) is 20.7 Å². The number of amides is 2. The average Bonchev–Trinajstić information content (AvgIpc) is 2.66. The fourth-order valence-electron chi connectivity index (χ4n) is 2.92. The molecule has 0 spiro atoms. The highest BCUT2D eigenvalue weighted by molar-refractivity contribution is 5.89. The Kier molecular flexibility index (Phi) is 11.0. The van der Waals surface area contributed by atoms with Crippen molar-refractivity contribution in [1.82, 2.24) is 10.6 Å². The van der Waals surface area contributed by atoms with Crippen molar-refractivity contribution in [3.05, 3.63) is 29.8 Å². The first-order valence-corrected chi connectivity index (χ1v) is 11.2. The van der Waals surface area contributed by atoms with E-state index in [9.17, 15) is 19.5 Å². The van der Waals surface area contributed by atoms with E-state index < -0.39 is 35.7 Å². The standard InChI is InChI=1S/C24H38N2O6/c1-7-8-13-31-18-11-9-17(10-12-18)15-19(26-23(30)32-24(4,5)6)21(27)25-20(22(28)29)14-16(2)3/h9-12,16,19-20H,7-8,13-15H2,1-6H3,(H,25,27)(H,26,30)(H,28,29)/t19-,20-/m0/s1. The number of alkyl carbamates (subject to hydrolysis) is 1. The van der Waals surface area contributed by atoms with Gasteiger partial charge in [-0.05, 0) is 57.2 Å². The van der Waals surface area contributed by atoms with Crippen LogP contribution in [-0.4, -0.2) is 47.4 Å². The van der Waals surface area contributed by atoms with E-state index in [0.29, 0.717) is 6.61 Å². The van der Waals surface area contributed by atoms with Crippen LogP contribution in [0.25, 0.3) is 0 Å². The number of unbranched alkanes of at least 4 members (excludes halogenated alkanes) is 1.